The van der Waals surface area contributed by atoms with Gasteiger partial charge in [0.15, 0.2) is 0 Å². The van der Waals surface area contributed by atoms with Gasteiger partial charge in [-0.1, -0.05) is 54.6 Å². The standard InChI is InChI=1S/C16H14N2O/c19-11-15-10-17-16(18-15)14-8-6-13(7-9-14)12-4-2-1-3-5-12/h1-10,19H,11H2,(H,17,18). The minimum absolute atomic E-state index is 0.0188. The summed E-state index contributed by atoms with van der Waals surface area (Å²) in [7, 11) is 0. The Hall–Kier alpha value is -2.39. The molecule has 0 saturated carbocycles. The van der Waals surface area contributed by atoms with E-state index in [0.717, 1.165) is 17.1 Å². The van der Waals surface area contributed by atoms with E-state index in [1.54, 1.807) is 6.20 Å². The lowest BCUT2D eigenvalue weighted by Gasteiger charge is -2.02. The maximum atomic E-state index is 9.02. The molecule has 3 nitrogen and oxygen atoms in total. The van der Waals surface area contributed by atoms with Crippen LogP contribution in [0.5, 0.6) is 0 Å². The lowest BCUT2D eigenvalue weighted by Crippen LogP contribution is -1.84. The summed E-state index contributed by atoms with van der Waals surface area (Å²) < 4.78 is 0. The van der Waals surface area contributed by atoms with Gasteiger partial charge in [0.1, 0.15) is 5.82 Å². The van der Waals surface area contributed by atoms with E-state index in [1.165, 1.54) is 11.1 Å². The first-order chi connectivity index (χ1) is 9.36. The summed E-state index contributed by atoms with van der Waals surface area (Å²) in [6.07, 6.45) is 1.65. The fourth-order valence-electron chi connectivity index (χ4n) is 2.04. The Balaban J connectivity index is 1.90. The van der Waals surface area contributed by atoms with E-state index >= 15 is 0 Å². The van der Waals surface area contributed by atoms with E-state index in [1.807, 2.05) is 30.3 Å². The van der Waals surface area contributed by atoms with Crippen LogP contribution in [0.2, 0.25) is 0 Å². The van der Waals surface area contributed by atoms with Crippen LogP contribution in [0.4, 0.5) is 0 Å². The summed E-state index contributed by atoms with van der Waals surface area (Å²) in [5.74, 6) is 0.781. The monoisotopic (exact) mass is 250 g/mol. The SMILES string of the molecule is OCc1cnc(-c2ccc(-c3ccccc3)cc2)[nH]1. The third-order valence-electron chi connectivity index (χ3n) is 3.06. The van der Waals surface area contributed by atoms with Crippen LogP contribution in [0.15, 0.2) is 60.8 Å². The minimum Gasteiger partial charge on any atom is -0.390 e. The van der Waals surface area contributed by atoms with Crippen molar-refractivity contribution in [2.24, 2.45) is 0 Å². The van der Waals surface area contributed by atoms with E-state index in [-0.39, 0.29) is 6.61 Å². The molecule has 0 fully saturated rings. The molecule has 3 rings (SSSR count). The van der Waals surface area contributed by atoms with E-state index in [2.05, 4.69) is 34.2 Å². The number of aliphatic hydroxyl groups is 1. The van der Waals surface area contributed by atoms with Crippen LogP contribution in [0.25, 0.3) is 22.5 Å². The molecule has 1 heterocycles. The van der Waals surface area contributed by atoms with Gasteiger partial charge in [-0.3, -0.25) is 0 Å². The number of aromatic amines is 1. The largest absolute Gasteiger partial charge is 0.390 e. The Labute approximate surface area is 111 Å². The minimum atomic E-state index is -0.0188. The van der Waals surface area contributed by atoms with Crippen LogP contribution >= 0.6 is 0 Å². The van der Waals surface area contributed by atoms with Crippen molar-refractivity contribution in [3.8, 4) is 22.5 Å². The molecule has 94 valence electrons. The number of hydrogen-bond acceptors (Lipinski definition) is 2. The summed E-state index contributed by atoms with van der Waals surface area (Å²) in [4.78, 5) is 7.32. The Morgan fingerprint density at radius 2 is 1.47 bits per heavy atom. The highest BCUT2D eigenvalue weighted by molar-refractivity contribution is 5.67. The zero-order chi connectivity index (χ0) is 13.1. The van der Waals surface area contributed by atoms with Crippen LogP contribution in [0.3, 0.4) is 0 Å². The van der Waals surface area contributed by atoms with Gasteiger partial charge in [-0.2, -0.15) is 0 Å². The van der Waals surface area contributed by atoms with Crippen LogP contribution in [0, 0.1) is 0 Å². The van der Waals surface area contributed by atoms with Gasteiger partial charge in [0.05, 0.1) is 18.5 Å². The maximum Gasteiger partial charge on any atom is 0.137 e. The second-order valence-electron chi connectivity index (χ2n) is 4.36. The van der Waals surface area contributed by atoms with Crippen LogP contribution in [-0.2, 0) is 6.61 Å². The molecule has 3 heteroatoms. The van der Waals surface area contributed by atoms with Gasteiger partial charge in [-0.05, 0) is 11.1 Å². The van der Waals surface area contributed by atoms with Gasteiger partial charge in [0.25, 0.3) is 0 Å². The number of rotatable bonds is 3. The van der Waals surface area contributed by atoms with Gasteiger partial charge in [0.2, 0.25) is 0 Å². The summed E-state index contributed by atoms with van der Waals surface area (Å²) >= 11 is 0. The molecule has 19 heavy (non-hydrogen) atoms. The molecule has 0 saturated heterocycles. The molecule has 0 bridgehead atoms. The van der Waals surface area contributed by atoms with Gasteiger partial charge < -0.3 is 10.1 Å². The number of nitrogens with zero attached hydrogens (tertiary/aromatic N) is 1. The fraction of sp³-hybridized carbons (Fsp3) is 0.0625. The number of aromatic nitrogens is 2. The molecular weight excluding hydrogens is 236 g/mol. The van der Waals surface area contributed by atoms with Crippen LogP contribution < -0.4 is 0 Å². The highest BCUT2D eigenvalue weighted by atomic mass is 16.3. The third-order valence-corrected chi connectivity index (χ3v) is 3.06. The second kappa shape index (κ2) is 5.08. The fourth-order valence-corrected chi connectivity index (χ4v) is 2.04. The number of nitrogens with one attached hydrogen (secondary N) is 1. The summed E-state index contributed by atoms with van der Waals surface area (Å²) in [5.41, 5.74) is 4.12. The zero-order valence-electron chi connectivity index (χ0n) is 10.4. The highest BCUT2D eigenvalue weighted by Crippen LogP contribution is 2.23. The first kappa shape index (κ1) is 11.7. The lowest BCUT2D eigenvalue weighted by molar-refractivity contribution is 0.277. The predicted molar refractivity (Wildman–Crippen MR) is 75.4 cm³/mol. The molecule has 0 aliphatic rings. The van der Waals surface area contributed by atoms with Gasteiger partial charge >= 0.3 is 0 Å². The molecule has 0 aliphatic heterocycles. The Morgan fingerprint density at radius 1 is 0.842 bits per heavy atom. The Morgan fingerprint density at radius 3 is 2.11 bits per heavy atom. The average molecular weight is 250 g/mol. The summed E-state index contributed by atoms with van der Waals surface area (Å²) in [6, 6.07) is 18.5. The number of aliphatic hydroxyl groups excluding tert-OH is 1. The average Bonchev–Trinajstić information content (AvgIpc) is 2.97. The highest BCUT2D eigenvalue weighted by Gasteiger charge is 2.03. The quantitative estimate of drug-likeness (QED) is 0.749. The first-order valence-corrected chi connectivity index (χ1v) is 6.17. The van der Waals surface area contributed by atoms with Crippen molar-refractivity contribution < 1.29 is 5.11 Å². The van der Waals surface area contributed by atoms with Gasteiger partial charge in [0, 0.05) is 5.56 Å². The number of benzene rings is 2. The molecule has 0 amide bonds. The molecule has 2 N–H and O–H groups in total. The van der Waals surface area contributed by atoms with Crippen molar-refractivity contribution in [3.63, 3.8) is 0 Å². The molecular formula is C16H14N2O. The van der Waals surface area contributed by atoms with Crippen molar-refractivity contribution in [1.29, 1.82) is 0 Å². The Kier molecular flexibility index (Phi) is 3.12. The molecule has 2 aromatic carbocycles. The van der Waals surface area contributed by atoms with Crippen LogP contribution in [-0.4, -0.2) is 15.1 Å². The van der Waals surface area contributed by atoms with Gasteiger partial charge in [-0.25, -0.2) is 4.98 Å². The second-order valence-corrected chi connectivity index (χ2v) is 4.36. The third kappa shape index (κ3) is 2.41. The number of H-pyrrole nitrogens is 1. The summed E-state index contributed by atoms with van der Waals surface area (Å²) in [5, 5.41) is 9.02. The topological polar surface area (TPSA) is 48.9 Å². The van der Waals surface area contributed by atoms with Crippen molar-refractivity contribution in [2.75, 3.05) is 0 Å². The van der Waals surface area contributed by atoms with Crippen LogP contribution in [0.1, 0.15) is 5.69 Å². The van der Waals surface area contributed by atoms with E-state index < -0.39 is 0 Å². The van der Waals surface area contributed by atoms with Crippen molar-refractivity contribution >= 4 is 0 Å². The molecule has 0 unspecified atom stereocenters. The predicted octanol–water partition coefficient (Wildman–Crippen LogP) is 3.24. The normalized spacial score (nSPS) is 10.6. The maximum absolute atomic E-state index is 9.02. The Bertz CT molecular complexity index is 657. The molecule has 0 atom stereocenters. The first-order valence-electron chi connectivity index (χ1n) is 6.17. The van der Waals surface area contributed by atoms with Gasteiger partial charge in [-0.15, -0.1) is 0 Å². The molecule has 0 spiro atoms. The number of imidazole rings is 1. The molecule has 1 aromatic heterocycles. The molecule has 3 aromatic rings. The van der Waals surface area contributed by atoms with E-state index in [9.17, 15) is 0 Å². The molecule has 0 aliphatic carbocycles. The smallest absolute Gasteiger partial charge is 0.137 e. The zero-order valence-corrected chi connectivity index (χ0v) is 10.4. The lowest BCUT2D eigenvalue weighted by atomic mass is 10.0. The van der Waals surface area contributed by atoms with Crippen molar-refractivity contribution in [1.82, 2.24) is 9.97 Å². The van der Waals surface area contributed by atoms with Crippen molar-refractivity contribution in [2.45, 2.75) is 6.61 Å². The van der Waals surface area contributed by atoms with Crippen molar-refractivity contribution in [3.05, 3.63) is 66.5 Å². The number of hydrogen-bond donors (Lipinski definition) is 2. The van der Waals surface area contributed by atoms with E-state index in [4.69, 9.17) is 5.11 Å². The summed E-state index contributed by atoms with van der Waals surface area (Å²) in [6.45, 7) is -0.0188. The van der Waals surface area contributed by atoms with E-state index in [0.29, 0.717) is 0 Å². The molecule has 0 radical (unpaired) electrons.